The Morgan fingerprint density at radius 1 is 1.37 bits per heavy atom. The minimum absolute atomic E-state index is 0.211. The smallest absolute Gasteiger partial charge is 0.191 e. The SMILES string of the molecule is COc1cc2c(cc1CN=C(N)N1CCN(c3nccs3)CC1)OC(C)C2. The lowest BCUT2D eigenvalue weighted by molar-refractivity contribution is 0.254. The highest BCUT2D eigenvalue weighted by Crippen LogP contribution is 2.35. The normalized spacial score (nSPS) is 19.8. The van der Waals surface area contributed by atoms with E-state index in [0.29, 0.717) is 12.5 Å². The van der Waals surface area contributed by atoms with Crippen LogP contribution in [0.5, 0.6) is 11.5 Å². The first-order chi connectivity index (χ1) is 13.1. The topological polar surface area (TPSA) is 76.2 Å². The zero-order chi connectivity index (χ0) is 18.8. The van der Waals surface area contributed by atoms with Crippen molar-refractivity contribution in [3.63, 3.8) is 0 Å². The van der Waals surface area contributed by atoms with Crippen LogP contribution in [-0.4, -0.2) is 55.2 Å². The van der Waals surface area contributed by atoms with E-state index in [-0.39, 0.29) is 6.10 Å². The number of hydrogen-bond acceptors (Lipinski definition) is 6. The van der Waals surface area contributed by atoms with Crippen LogP contribution in [0.15, 0.2) is 28.7 Å². The van der Waals surface area contributed by atoms with Gasteiger partial charge in [0.25, 0.3) is 0 Å². The van der Waals surface area contributed by atoms with Crippen molar-refractivity contribution in [3.05, 3.63) is 34.8 Å². The zero-order valence-electron chi connectivity index (χ0n) is 15.7. The van der Waals surface area contributed by atoms with Crippen LogP contribution < -0.4 is 20.1 Å². The number of fused-ring (bicyclic) bond motifs is 1. The van der Waals surface area contributed by atoms with Crippen LogP contribution in [-0.2, 0) is 13.0 Å². The molecule has 1 fully saturated rings. The summed E-state index contributed by atoms with van der Waals surface area (Å²) in [6, 6.07) is 4.10. The first-order valence-corrected chi connectivity index (χ1v) is 10.1. The van der Waals surface area contributed by atoms with Crippen LogP contribution in [0.3, 0.4) is 0 Å². The van der Waals surface area contributed by atoms with Gasteiger partial charge < -0.3 is 25.0 Å². The van der Waals surface area contributed by atoms with Gasteiger partial charge in [-0.15, -0.1) is 11.3 Å². The Morgan fingerprint density at radius 3 is 2.89 bits per heavy atom. The third-order valence-corrected chi connectivity index (χ3v) is 5.84. The maximum Gasteiger partial charge on any atom is 0.191 e. The largest absolute Gasteiger partial charge is 0.496 e. The molecule has 0 spiro atoms. The summed E-state index contributed by atoms with van der Waals surface area (Å²) in [5, 5.41) is 3.08. The predicted octanol–water partition coefficient (Wildman–Crippen LogP) is 2.11. The van der Waals surface area contributed by atoms with Gasteiger partial charge in [-0.2, -0.15) is 0 Å². The van der Waals surface area contributed by atoms with E-state index < -0.39 is 0 Å². The maximum atomic E-state index is 6.26. The highest BCUT2D eigenvalue weighted by molar-refractivity contribution is 7.13. The van der Waals surface area contributed by atoms with Gasteiger partial charge >= 0.3 is 0 Å². The van der Waals surface area contributed by atoms with Crippen molar-refractivity contribution in [1.29, 1.82) is 0 Å². The summed E-state index contributed by atoms with van der Waals surface area (Å²) >= 11 is 1.67. The molecule has 4 rings (SSSR count). The molecule has 2 aromatic rings. The van der Waals surface area contributed by atoms with Crippen molar-refractivity contribution in [2.75, 3.05) is 38.2 Å². The Kier molecular flexibility index (Phi) is 5.07. The van der Waals surface area contributed by atoms with E-state index in [1.165, 1.54) is 5.56 Å². The lowest BCUT2D eigenvalue weighted by Crippen LogP contribution is -2.51. The van der Waals surface area contributed by atoms with E-state index >= 15 is 0 Å². The maximum absolute atomic E-state index is 6.26. The number of piperazine rings is 1. The number of thiazole rings is 1. The summed E-state index contributed by atoms with van der Waals surface area (Å²) < 4.78 is 11.4. The molecular weight excluding hydrogens is 362 g/mol. The summed E-state index contributed by atoms with van der Waals surface area (Å²) in [6.07, 6.45) is 2.97. The molecular formula is C19H25N5O2S. The molecule has 0 radical (unpaired) electrons. The fourth-order valence-corrected chi connectivity index (χ4v) is 4.26. The monoisotopic (exact) mass is 387 g/mol. The molecule has 2 aliphatic heterocycles. The number of methoxy groups -OCH3 is 1. The minimum Gasteiger partial charge on any atom is -0.496 e. The zero-order valence-corrected chi connectivity index (χ0v) is 16.5. The van der Waals surface area contributed by atoms with Crippen molar-refractivity contribution in [2.24, 2.45) is 10.7 Å². The van der Waals surface area contributed by atoms with Gasteiger partial charge in [-0.05, 0) is 19.1 Å². The molecule has 1 aromatic carbocycles. The van der Waals surface area contributed by atoms with E-state index in [0.717, 1.165) is 54.8 Å². The van der Waals surface area contributed by atoms with Crippen molar-refractivity contribution in [3.8, 4) is 11.5 Å². The van der Waals surface area contributed by atoms with Gasteiger partial charge in [-0.3, -0.25) is 0 Å². The molecule has 7 nitrogen and oxygen atoms in total. The van der Waals surface area contributed by atoms with Crippen molar-refractivity contribution < 1.29 is 9.47 Å². The van der Waals surface area contributed by atoms with Crippen LogP contribution >= 0.6 is 11.3 Å². The molecule has 1 atom stereocenters. The number of anilines is 1. The second kappa shape index (κ2) is 7.64. The number of ether oxygens (including phenoxy) is 2. The molecule has 27 heavy (non-hydrogen) atoms. The van der Waals surface area contributed by atoms with E-state index in [1.807, 2.05) is 17.6 Å². The molecule has 1 aromatic heterocycles. The van der Waals surface area contributed by atoms with E-state index in [2.05, 4.69) is 32.8 Å². The van der Waals surface area contributed by atoms with Gasteiger partial charge in [0.05, 0.1) is 13.7 Å². The summed E-state index contributed by atoms with van der Waals surface area (Å²) in [6.45, 7) is 6.04. The van der Waals surface area contributed by atoms with Crippen LogP contribution in [0.2, 0.25) is 0 Å². The Morgan fingerprint density at radius 2 is 2.19 bits per heavy atom. The third-order valence-electron chi connectivity index (χ3n) is 5.00. The third kappa shape index (κ3) is 3.80. The van der Waals surface area contributed by atoms with Gasteiger partial charge in [-0.25, -0.2) is 9.98 Å². The molecule has 0 saturated carbocycles. The van der Waals surface area contributed by atoms with E-state index in [9.17, 15) is 0 Å². The standard InChI is InChI=1S/C19H25N5O2S/c1-13-9-14-10-16(25-2)15(11-17(14)26-13)12-22-18(20)23-4-6-24(7-5-23)19-21-3-8-27-19/h3,8,10-11,13H,4-7,9,12H2,1-2H3,(H2,20,22). The molecule has 0 aliphatic carbocycles. The van der Waals surface area contributed by atoms with Gasteiger partial charge in [0.1, 0.15) is 17.6 Å². The quantitative estimate of drug-likeness (QED) is 0.640. The van der Waals surface area contributed by atoms with E-state index in [4.69, 9.17) is 15.2 Å². The lowest BCUT2D eigenvalue weighted by Gasteiger charge is -2.35. The summed E-state index contributed by atoms with van der Waals surface area (Å²) in [5.41, 5.74) is 8.45. The van der Waals surface area contributed by atoms with Gasteiger partial charge in [0.2, 0.25) is 0 Å². The van der Waals surface area contributed by atoms with Crippen LogP contribution in [0.25, 0.3) is 0 Å². The van der Waals surface area contributed by atoms with Gasteiger partial charge in [-0.1, -0.05) is 0 Å². The molecule has 3 heterocycles. The van der Waals surface area contributed by atoms with Crippen LogP contribution in [0, 0.1) is 0 Å². The van der Waals surface area contributed by atoms with Crippen LogP contribution in [0.1, 0.15) is 18.1 Å². The highest BCUT2D eigenvalue weighted by atomic mass is 32.1. The summed E-state index contributed by atoms with van der Waals surface area (Å²) in [5.74, 6) is 2.35. The molecule has 1 saturated heterocycles. The van der Waals surface area contributed by atoms with Crippen molar-refractivity contribution in [1.82, 2.24) is 9.88 Å². The average Bonchev–Trinajstić information content (AvgIpc) is 3.34. The molecule has 1 unspecified atom stereocenters. The Balaban J connectivity index is 1.40. The van der Waals surface area contributed by atoms with Crippen molar-refractivity contribution in [2.45, 2.75) is 26.0 Å². The minimum atomic E-state index is 0.211. The van der Waals surface area contributed by atoms with Gasteiger partial charge in [0, 0.05) is 55.3 Å². The Labute approximate surface area is 163 Å². The number of guanidine groups is 1. The highest BCUT2D eigenvalue weighted by Gasteiger charge is 2.22. The second-order valence-corrected chi connectivity index (χ2v) is 7.74. The summed E-state index contributed by atoms with van der Waals surface area (Å²) in [7, 11) is 1.69. The molecule has 0 bridgehead atoms. The van der Waals surface area contributed by atoms with Gasteiger partial charge in [0.15, 0.2) is 11.1 Å². The second-order valence-electron chi connectivity index (χ2n) is 6.87. The summed E-state index contributed by atoms with van der Waals surface area (Å²) in [4.78, 5) is 13.4. The fourth-order valence-electron chi connectivity index (χ4n) is 3.56. The number of rotatable bonds is 4. The first-order valence-electron chi connectivity index (χ1n) is 9.20. The number of hydrogen-bond donors (Lipinski definition) is 1. The molecule has 2 aliphatic rings. The fraction of sp³-hybridized carbons (Fsp3) is 0.474. The number of benzene rings is 1. The molecule has 8 heteroatoms. The molecule has 2 N–H and O–H groups in total. The lowest BCUT2D eigenvalue weighted by atomic mass is 10.1. The Hall–Kier alpha value is -2.48. The number of aromatic nitrogens is 1. The van der Waals surface area contributed by atoms with Crippen molar-refractivity contribution >= 4 is 22.4 Å². The van der Waals surface area contributed by atoms with E-state index in [1.54, 1.807) is 18.4 Å². The average molecular weight is 388 g/mol. The first kappa shape index (κ1) is 17.9. The number of nitrogens with zero attached hydrogens (tertiary/aromatic N) is 4. The number of nitrogens with two attached hydrogens (primary N) is 1. The van der Waals surface area contributed by atoms with Crippen LogP contribution in [0.4, 0.5) is 5.13 Å². The predicted molar refractivity (Wildman–Crippen MR) is 108 cm³/mol. The molecule has 0 amide bonds. The Bertz CT molecular complexity index is 816. The molecule has 144 valence electrons. The number of aliphatic imine (C=N–C) groups is 1.